The summed E-state index contributed by atoms with van der Waals surface area (Å²) >= 11 is 0. The van der Waals surface area contributed by atoms with Gasteiger partial charge in [0.05, 0.1) is 6.67 Å². The number of nitrogens with one attached hydrogen (secondary N) is 1. The quantitative estimate of drug-likeness (QED) is 0.840. The summed E-state index contributed by atoms with van der Waals surface area (Å²) < 4.78 is 0. The van der Waals surface area contributed by atoms with Crippen LogP contribution in [-0.2, 0) is 4.79 Å². The largest absolute Gasteiger partial charge is 0.369 e. The SMILES string of the molecule is Cc1cccc(N2CCN(CN3C(=O)N[C@](C)(C4CC4)C3=O)CC2)c1C. The first-order valence-corrected chi connectivity index (χ1v) is 9.58. The Bertz CT molecular complexity index is 737. The highest BCUT2D eigenvalue weighted by Crippen LogP contribution is 2.42. The molecule has 0 spiro atoms. The molecule has 6 nitrogen and oxygen atoms in total. The van der Waals surface area contributed by atoms with Gasteiger partial charge in [-0.2, -0.15) is 0 Å². The van der Waals surface area contributed by atoms with Gasteiger partial charge in [-0.3, -0.25) is 9.69 Å². The molecule has 2 heterocycles. The molecule has 6 heteroatoms. The number of imide groups is 1. The van der Waals surface area contributed by atoms with Gasteiger partial charge < -0.3 is 10.2 Å². The van der Waals surface area contributed by atoms with E-state index < -0.39 is 5.54 Å². The first kappa shape index (κ1) is 17.3. The Morgan fingerprint density at radius 2 is 1.81 bits per heavy atom. The van der Waals surface area contributed by atoms with E-state index in [-0.39, 0.29) is 11.9 Å². The van der Waals surface area contributed by atoms with Crippen LogP contribution in [0.15, 0.2) is 18.2 Å². The van der Waals surface area contributed by atoms with Crippen molar-refractivity contribution in [3.63, 3.8) is 0 Å². The minimum atomic E-state index is -0.683. The lowest BCUT2D eigenvalue weighted by atomic mass is 9.96. The highest BCUT2D eigenvalue weighted by molar-refractivity contribution is 6.07. The lowest BCUT2D eigenvalue weighted by Crippen LogP contribution is -2.52. The summed E-state index contributed by atoms with van der Waals surface area (Å²) in [6, 6.07) is 6.19. The van der Waals surface area contributed by atoms with Gasteiger partial charge in [-0.05, 0) is 56.7 Å². The molecule has 4 rings (SSSR count). The van der Waals surface area contributed by atoms with Gasteiger partial charge in [-0.1, -0.05) is 12.1 Å². The van der Waals surface area contributed by atoms with Crippen molar-refractivity contribution in [3.05, 3.63) is 29.3 Å². The number of aryl methyl sites for hydroxylation is 1. The Morgan fingerprint density at radius 3 is 2.46 bits per heavy atom. The molecular weight excluding hydrogens is 328 g/mol. The number of hydrogen-bond acceptors (Lipinski definition) is 4. The second-order valence-electron chi connectivity index (χ2n) is 8.11. The van der Waals surface area contributed by atoms with Crippen LogP contribution in [0.1, 0.15) is 30.9 Å². The molecule has 3 fully saturated rings. The number of nitrogens with zero attached hydrogens (tertiary/aromatic N) is 3. The molecule has 26 heavy (non-hydrogen) atoms. The lowest BCUT2D eigenvalue weighted by molar-refractivity contribution is -0.133. The first-order valence-electron chi connectivity index (χ1n) is 9.58. The van der Waals surface area contributed by atoms with Gasteiger partial charge in [0.2, 0.25) is 0 Å². The van der Waals surface area contributed by atoms with Crippen molar-refractivity contribution in [1.29, 1.82) is 0 Å². The molecule has 2 saturated heterocycles. The topological polar surface area (TPSA) is 55.9 Å². The smallest absolute Gasteiger partial charge is 0.326 e. The molecule has 1 aromatic rings. The Kier molecular flexibility index (Phi) is 4.18. The lowest BCUT2D eigenvalue weighted by Gasteiger charge is -2.38. The number of piperazine rings is 1. The normalized spacial score (nSPS) is 27.2. The van der Waals surface area contributed by atoms with Crippen LogP contribution >= 0.6 is 0 Å². The number of anilines is 1. The van der Waals surface area contributed by atoms with Crippen molar-refractivity contribution in [2.24, 2.45) is 5.92 Å². The molecule has 1 saturated carbocycles. The van der Waals surface area contributed by atoms with E-state index in [1.807, 2.05) is 6.92 Å². The average molecular weight is 356 g/mol. The maximum Gasteiger partial charge on any atom is 0.326 e. The maximum atomic E-state index is 12.8. The number of carbonyl (C=O) groups is 2. The molecule has 140 valence electrons. The Labute approximate surface area is 155 Å². The Balaban J connectivity index is 1.38. The van der Waals surface area contributed by atoms with Gasteiger partial charge in [-0.25, -0.2) is 9.69 Å². The van der Waals surface area contributed by atoms with Gasteiger partial charge in [0.15, 0.2) is 0 Å². The molecule has 2 aliphatic heterocycles. The van der Waals surface area contributed by atoms with Crippen LogP contribution in [0, 0.1) is 19.8 Å². The zero-order valence-corrected chi connectivity index (χ0v) is 15.9. The summed E-state index contributed by atoms with van der Waals surface area (Å²) in [7, 11) is 0. The average Bonchev–Trinajstić information content (AvgIpc) is 3.44. The van der Waals surface area contributed by atoms with Gasteiger partial charge in [0.1, 0.15) is 5.54 Å². The number of carbonyl (C=O) groups excluding carboxylic acids is 2. The Hall–Kier alpha value is -2.08. The van der Waals surface area contributed by atoms with Crippen LogP contribution in [0.5, 0.6) is 0 Å². The van der Waals surface area contributed by atoms with E-state index in [2.05, 4.69) is 47.2 Å². The maximum absolute atomic E-state index is 12.8. The zero-order chi connectivity index (χ0) is 18.5. The van der Waals surface area contributed by atoms with E-state index >= 15 is 0 Å². The van der Waals surface area contributed by atoms with E-state index in [0.717, 1.165) is 39.0 Å². The molecule has 0 radical (unpaired) electrons. The molecule has 0 aromatic heterocycles. The van der Waals surface area contributed by atoms with Crippen molar-refractivity contribution in [3.8, 4) is 0 Å². The van der Waals surface area contributed by atoms with Crippen molar-refractivity contribution < 1.29 is 9.59 Å². The van der Waals surface area contributed by atoms with Crippen LogP contribution < -0.4 is 10.2 Å². The van der Waals surface area contributed by atoms with Crippen LogP contribution in [-0.4, -0.2) is 60.1 Å². The molecule has 1 aromatic carbocycles. The number of amides is 3. The van der Waals surface area contributed by atoms with Crippen molar-refractivity contribution in [1.82, 2.24) is 15.1 Å². The van der Waals surface area contributed by atoms with Crippen molar-refractivity contribution >= 4 is 17.6 Å². The number of rotatable bonds is 4. The van der Waals surface area contributed by atoms with Gasteiger partial charge in [0.25, 0.3) is 5.91 Å². The van der Waals surface area contributed by atoms with Gasteiger partial charge in [-0.15, -0.1) is 0 Å². The van der Waals surface area contributed by atoms with E-state index in [0.29, 0.717) is 12.6 Å². The zero-order valence-electron chi connectivity index (χ0n) is 15.9. The van der Waals surface area contributed by atoms with Crippen LogP contribution in [0.2, 0.25) is 0 Å². The van der Waals surface area contributed by atoms with Gasteiger partial charge in [0, 0.05) is 31.9 Å². The summed E-state index contributed by atoms with van der Waals surface area (Å²) in [5.41, 5.74) is 3.25. The molecule has 1 N–H and O–H groups in total. The second-order valence-corrected chi connectivity index (χ2v) is 8.11. The minimum absolute atomic E-state index is 0.0537. The van der Waals surface area contributed by atoms with Gasteiger partial charge >= 0.3 is 6.03 Å². The molecule has 1 aliphatic carbocycles. The molecule has 0 bridgehead atoms. The highest BCUT2D eigenvalue weighted by Gasteiger charge is 2.56. The standard InChI is InChI=1S/C20H28N4O2/c1-14-5-4-6-17(15(14)2)23-11-9-22(10-12-23)13-24-18(25)20(3,16-7-8-16)21-19(24)26/h4-6,16H,7-13H2,1-3H3,(H,21,26)/t20-/m1/s1. The number of hydrogen-bond donors (Lipinski definition) is 1. The summed E-state index contributed by atoms with van der Waals surface area (Å²) in [6.07, 6.45) is 2.07. The molecule has 3 aliphatic rings. The predicted molar refractivity (Wildman–Crippen MR) is 101 cm³/mol. The first-order chi connectivity index (χ1) is 12.4. The van der Waals surface area contributed by atoms with E-state index in [1.54, 1.807) is 0 Å². The third-order valence-electron chi connectivity index (χ3n) is 6.33. The molecule has 0 unspecified atom stereocenters. The number of urea groups is 1. The number of benzene rings is 1. The fourth-order valence-corrected chi connectivity index (χ4v) is 4.19. The van der Waals surface area contributed by atoms with E-state index in [1.165, 1.54) is 21.7 Å². The predicted octanol–water partition coefficient (Wildman–Crippen LogP) is 2.10. The highest BCUT2D eigenvalue weighted by atomic mass is 16.2. The van der Waals surface area contributed by atoms with Crippen LogP contribution in [0.3, 0.4) is 0 Å². The fraction of sp³-hybridized carbons (Fsp3) is 0.600. The van der Waals surface area contributed by atoms with Crippen LogP contribution in [0.25, 0.3) is 0 Å². The molecular formula is C20H28N4O2. The molecule has 1 atom stereocenters. The minimum Gasteiger partial charge on any atom is -0.369 e. The summed E-state index contributed by atoms with van der Waals surface area (Å²) in [5.74, 6) is 0.257. The second kappa shape index (κ2) is 6.27. The van der Waals surface area contributed by atoms with E-state index in [4.69, 9.17) is 0 Å². The fourth-order valence-electron chi connectivity index (χ4n) is 4.19. The third kappa shape index (κ3) is 2.86. The van der Waals surface area contributed by atoms with Crippen LogP contribution in [0.4, 0.5) is 10.5 Å². The molecule has 3 amide bonds. The van der Waals surface area contributed by atoms with Crippen molar-refractivity contribution in [2.45, 2.75) is 39.2 Å². The van der Waals surface area contributed by atoms with E-state index in [9.17, 15) is 9.59 Å². The summed E-state index contributed by atoms with van der Waals surface area (Å²) in [6.45, 7) is 10.1. The summed E-state index contributed by atoms with van der Waals surface area (Å²) in [4.78, 5) is 31.1. The third-order valence-corrected chi connectivity index (χ3v) is 6.33. The summed E-state index contributed by atoms with van der Waals surface area (Å²) in [5, 5.41) is 2.93. The monoisotopic (exact) mass is 356 g/mol. The Morgan fingerprint density at radius 1 is 1.12 bits per heavy atom. The van der Waals surface area contributed by atoms with Crippen molar-refractivity contribution in [2.75, 3.05) is 37.7 Å².